The van der Waals surface area contributed by atoms with Crippen LogP contribution >= 0.6 is 11.3 Å². The monoisotopic (exact) mass is 324 g/mol. The molecule has 1 N–H and O–H groups in total. The predicted molar refractivity (Wildman–Crippen MR) is 94.9 cm³/mol. The summed E-state index contributed by atoms with van der Waals surface area (Å²) in [4.78, 5) is 4.52. The van der Waals surface area contributed by atoms with Crippen molar-refractivity contribution in [1.82, 2.24) is 15.2 Å². The lowest BCUT2D eigenvalue weighted by Crippen LogP contribution is -2.13. The molecule has 0 aliphatic heterocycles. The number of rotatable bonds is 5. The molecule has 0 saturated heterocycles. The fourth-order valence-electron chi connectivity index (χ4n) is 2.37. The molecular formula is C18H20N4S. The molecule has 0 saturated carbocycles. The van der Waals surface area contributed by atoms with Gasteiger partial charge in [0.05, 0.1) is 11.7 Å². The summed E-state index contributed by atoms with van der Waals surface area (Å²) in [6, 6.07) is 14.4. The number of nitrogens with one attached hydrogen (secondary N) is 1. The minimum absolute atomic E-state index is 0.0379. The van der Waals surface area contributed by atoms with Gasteiger partial charge in [0.15, 0.2) is 0 Å². The molecule has 3 aromatic rings. The Labute approximate surface area is 140 Å². The first kappa shape index (κ1) is 15.6. The second kappa shape index (κ2) is 6.87. The molecule has 4 nitrogen and oxygen atoms in total. The molecule has 5 heteroatoms. The molecule has 1 unspecified atom stereocenters. The molecule has 0 aliphatic rings. The Morgan fingerprint density at radius 3 is 2.57 bits per heavy atom. The molecule has 0 radical (unpaired) electrons. The molecule has 3 rings (SSSR count). The van der Waals surface area contributed by atoms with E-state index in [2.05, 4.69) is 65.5 Å². The SMILES string of the molecule is Cc1cccc(C(Nc2nnc(C(C)C)s2)c2ccccn2)c1. The van der Waals surface area contributed by atoms with Crippen molar-refractivity contribution in [3.63, 3.8) is 0 Å². The summed E-state index contributed by atoms with van der Waals surface area (Å²) in [5, 5.41) is 13.9. The third-order valence-corrected chi connectivity index (χ3v) is 4.72. The second-order valence-corrected chi connectivity index (χ2v) is 6.86. The minimum Gasteiger partial charge on any atom is -0.348 e. The van der Waals surface area contributed by atoms with E-state index in [1.54, 1.807) is 11.3 Å². The number of hydrogen-bond donors (Lipinski definition) is 1. The minimum atomic E-state index is -0.0379. The van der Waals surface area contributed by atoms with Crippen molar-refractivity contribution in [3.8, 4) is 0 Å². The van der Waals surface area contributed by atoms with Crippen LogP contribution in [0.3, 0.4) is 0 Å². The third kappa shape index (κ3) is 3.74. The van der Waals surface area contributed by atoms with E-state index in [1.165, 1.54) is 11.1 Å². The number of pyridine rings is 1. The van der Waals surface area contributed by atoms with Gasteiger partial charge in [-0.1, -0.05) is 61.1 Å². The smallest absolute Gasteiger partial charge is 0.206 e. The normalized spacial score (nSPS) is 12.3. The van der Waals surface area contributed by atoms with Gasteiger partial charge in [-0.15, -0.1) is 10.2 Å². The number of nitrogens with zero attached hydrogens (tertiary/aromatic N) is 3. The van der Waals surface area contributed by atoms with Crippen LogP contribution in [-0.2, 0) is 0 Å². The number of benzene rings is 1. The predicted octanol–water partition coefficient (Wildman–Crippen LogP) is 4.57. The largest absolute Gasteiger partial charge is 0.348 e. The summed E-state index contributed by atoms with van der Waals surface area (Å²) < 4.78 is 0. The van der Waals surface area contributed by atoms with E-state index in [0.29, 0.717) is 5.92 Å². The highest BCUT2D eigenvalue weighted by molar-refractivity contribution is 7.15. The summed E-state index contributed by atoms with van der Waals surface area (Å²) >= 11 is 1.60. The van der Waals surface area contributed by atoms with Crippen molar-refractivity contribution >= 4 is 16.5 Å². The molecular weight excluding hydrogens is 304 g/mol. The zero-order valence-electron chi connectivity index (χ0n) is 13.5. The van der Waals surface area contributed by atoms with Crippen LogP contribution in [0.2, 0.25) is 0 Å². The highest BCUT2D eigenvalue weighted by Gasteiger charge is 2.18. The van der Waals surface area contributed by atoms with Gasteiger partial charge in [0.1, 0.15) is 5.01 Å². The molecule has 2 heterocycles. The van der Waals surface area contributed by atoms with Crippen LogP contribution in [0, 0.1) is 6.92 Å². The molecule has 118 valence electrons. The molecule has 1 atom stereocenters. The van der Waals surface area contributed by atoms with Crippen LogP contribution in [0.4, 0.5) is 5.13 Å². The van der Waals surface area contributed by atoms with Gasteiger partial charge in [-0.25, -0.2) is 0 Å². The Hall–Kier alpha value is -2.27. The Morgan fingerprint density at radius 1 is 1.04 bits per heavy atom. The third-order valence-electron chi connectivity index (χ3n) is 3.56. The first-order valence-electron chi connectivity index (χ1n) is 7.71. The quantitative estimate of drug-likeness (QED) is 0.747. The van der Waals surface area contributed by atoms with Crippen molar-refractivity contribution in [2.75, 3.05) is 5.32 Å². The molecule has 0 bridgehead atoms. The van der Waals surface area contributed by atoms with Crippen LogP contribution in [-0.4, -0.2) is 15.2 Å². The topological polar surface area (TPSA) is 50.7 Å². The van der Waals surface area contributed by atoms with Gasteiger partial charge < -0.3 is 5.32 Å². The van der Waals surface area contributed by atoms with Gasteiger partial charge in [0.25, 0.3) is 0 Å². The van der Waals surface area contributed by atoms with E-state index in [1.807, 2.05) is 24.4 Å². The maximum absolute atomic E-state index is 4.52. The summed E-state index contributed by atoms with van der Waals surface area (Å²) in [6.45, 7) is 6.35. The summed E-state index contributed by atoms with van der Waals surface area (Å²) in [5.41, 5.74) is 3.37. The maximum atomic E-state index is 4.52. The Morgan fingerprint density at radius 2 is 1.91 bits per heavy atom. The van der Waals surface area contributed by atoms with Gasteiger partial charge in [-0.2, -0.15) is 0 Å². The van der Waals surface area contributed by atoms with Gasteiger partial charge in [0, 0.05) is 12.1 Å². The van der Waals surface area contributed by atoms with Crippen molar-refractivity contribution < 1.29 is 0 Å². The summed E-state index contributed by atoms with van der Waals surface area (Å²) in [6.07, 6.45) is 1.82. The molecule has 0 spiro atoms. The molecule has 0 amide bonds. The fraction of sp³-hybridized carbons (Fsp3) is 0.278. The van der Waals surface area contributed by atoms with Crippen molar-refractivity contribution in [1.29, 1.82) is 0 Å². The van der Waals surface area contributed by atoms with Gasteiger partial charge in [0.2, 0.25) is 5.13 Å². The Bertz CT molecular complexity index is 767. The van der Waals surface area contributed by atoms with Crippen LogP contribution in [0.15, 0.2) is 48.7 Å². The Balaban J connectivity index is 1.95. The number of anilines is 1. The fourth-order valence-corrected chi connectivity index (χ4v) is 3.15. The second-order valence-electron chi connectivity index (χ2n) is 5.85. The lowest BCUT2D eigenvalue weighted by atomic mass is 10.0. The van der Waals surface area contributed by atoms with Crippen LogP contribution in [0.5, 0.6) is 0 Å². The van der Waals surface area contributed by atoms with Gasteiger partial charge >= 0.3 is 0 Å². The number of aryl methyl sites for hydroxylation is 1. The summed E-state index contributed by atoms with van der Waals surface area (Å²) in [5.74, 6) is 0.385. The first-order chi connectivity index (χ1) is 11.1. The van der Waals surface area contributed by atoms with Crippen LogP contribution in [0.25, 0.3) is 0 Å². The summed E-state index contributed by atoms with van der Waals surface area (Å²) in [7, 11) is 0. The zero-order valence-corrected chi connectivity index (χ0v) is 14.3. The number of hydrogen-bond acceptors (Lipinski definition) is 5. The maximum Gasteiger partial charge on any atom is 0.206 e. The van der Waals surface area contributed by atoms with Gasteiger partial charge in [-0.3, -0.25) is 4.98 Å². The standard InChI is InChI=1S/C18H20N4S/c1-12(2)17-21-22-18(23-17)20-16(15-9-4-5-10-19-15)14-8-6-7-13(3)11-14/h4-12,16H,1-3H3,(H,20,22). The molecule has 2 aromatic heterocycles. The molecule has 0 aliphatic carbocycles. The van der Waals surface area contributed by atoms with E-state index in [4.69, 9.17) is 0 Å². The lowest BCUT2D eigenvalue weighted by molar-refractivity contribution is 0.820. The van der Waals surface area contributed by atoms with E-state index < -0.39 is 0 Å². The molecule has 1 aromatic carbocycles. The highest BCUT2D eigenvalue weighted by Crippen LogP contribution is 2.29. The zero-order chi connectivity index (χ0) is 16.2. The first-order valence-corrected chi connectivity index (χ1v) is 8.52. The van der Waals surface area contributed by atoms with Crippen molar-refractivity contribution in [2.45, 2.75) is 32.7 Å². The molecule has 0 fully saturated rings. The van der Waals surface area contributed by atoms with Crippen LogP contribution in [0.1, 0.15) is 47.6 Å². The average molecular weight is 324 g/mol. The van der Waals surface area contributed by atoms with E-state index >= 15 is 0 Å². The number of aromatic nitrogens is 3. The van der Waals surface area contributed by atoms with Gasteiger partial charge in [-0.05, 0) is 24.6 Å². The average Bonchev–Trinajstić information content (AvgIpc) is 3.02. The highest BCUT2D eigenvalue weighted by atomic mass is 32.1. The van der Waals surface area contributed by atoms with E-state index in [0.717, 1.165) is 15.8 Å². The molecule has 23 heavy (non-hydrogen) atoms. The van der Waals surface area contributed by atoms with E-state index in [9.17, 15) is 0 Å². The van der Waals surface area contributed by atoms with Crippen LogP contribution < -0.4 is 5.32 Å². The lowest BCUT2D eigenvalue weighted by Gasteiger charge is -2.18. The van der Waals surface area contributed by atoms with E-state index in [-0.39, 0.29) is 6.04 Å². The van der Waals surface area contributed by atoms with Crippen molar-refractivity contribution in [3.05, 3.63) is 70.5 Å². The Kier molecular flexibility index (Phi) is 4.67. The van der Waals surface area contributed by atoms with Crippen molar-refractivity contribution in [2.24, 2.45) is 0 Å².